The molecular formula is C13H19NO3. The van der Waals surface area contributed by atoms with Gasteiger partial charge in [-0.3, -0.25) is 9.59 Å². The fraction of sp³-hybridized carbons (Fsp3) is 0.692. The molecule has 0 saturated heterocycles. The molecule has 0 spiro atoms. The van der Waals surface area contributed by atoms with Crippen LogP contribution < -0.4 is 5.32 Å². The number of terminal acetylenes is 1. The lowest BCUT2D eigenvalue weighted by atomic mass is 9.79. The number of hydrogen-bond donors (Lipinski definition) is 2. The van der Waals surface area contributed by atoms with Crippen molar-refractivity contribution in [1.29, 1.82) is 0 Å². The van der Waals surface area contributed by atoms with Gasteiger partial charge in [-0.25, -0.2) is 0 Å². The van der Waals surface area contributed by atoms with E-state index in [4.69, 9.17) is 11.5 Å². The zero-order valence-corrected chi connectivity index (χ0v) is 9.95. The maximum absolute atomic E-state index is 11.4. The van der Waals surface area contributed by atoms with Crippen molar-refractivity contribution in [2.75, 3.05) is 6.54 Å². The summed E-state index contributed by atoms with van der Waals surface area (Å²) in [5.74, 6) is 1.34. The van der Waals surface area contributed by atoms with Gasteiger partial charge >= 0.3 is 5.97 Å². The molecular weight excluding hydrogens is 218 g/mol. The van der Waals surface area contributed by atoms with Crippen molar-refractivity contribution in [1.82, 2.24) is 5.32 Å². The van der Waals surface area contributed by atoms with E-state index < -0.39 is 5.97 Å². The van der Waals surface area contributed by atoms with Crippen LogP contribution in [-0.4, -0.2) is 23.5 Å². The highest BCUT2D eigenvalue weighted by molar-refractivity contribution is 5.76. The van der Waals surface area contributed by atoms with Gasteiger partial charge in [0.25, 0.3) is 0 Å². The van der Waals surface area contributed by atoms with Crippen LogP contribution in [0.15, 0.2) is 0 Å². The molecule has 0 aromatic rings. The number of carbonyl (C=O) groups excluding carboxylic acids is 1. The molecule has 0 aromatic carbocycles. The maximum Gasteiger partial charge on any atom is 0.306 e. The number of amides is 1. The molecule has 0 bridgehead atoms. The lowest BCUT2D eigenvalue weighted by molar-refractivity contribution is -0.145. The predicted octanol–water partition coefficient (Wildman–Crippen LogP) is 1.41. The summed E-state index contributed by atoms with van der Waals surface area (Å²) in [6.07, 6.45) is 9.44. The van der Waals surface area contributed by atoms with Gasteiger partial charge in [0, 0.05) is 19.4 Å². The van der Waals surface area contributed by atoms with Gasteiger partial charge in [0.05, 0.1) is 5.92 Å². The Morgan fingerprint density at radius 2 is 2.06 bits per heavy atom. The van der Waals surface area contributed by atoms with Crippen LogP contribution in [0, 0.1) is 24.2 Å². The third kappa shape index (κ3) is 4.48. The molecule has 0 aliphatic heterocycles. The highest BCUT2D eigenvalue weighted by Crippen LogP contribution is 2.29. The standard InChI is InChI=1S/C13H19NO3/c1-2-3-8-12(15)14-9-10-6-4-5-7-11(10)13(16)17/h1,10-11H,3-9H2,(H,14,15)(H,16,17). The van der Waals surface area contributed by atoms with E-state index in [0.29, 0.717) is 19.4 Å². The highest BCUT2D eigenvalue weighted by Gasteiger charge is 2.30. The van der Waals surface area contributed by atoms with E-state index in [9.17, 15) is 9.59 Å². The molecule has 2 N–H and O–H groups in total. The number of carboxylic acid groups (broad SMARTS) is 1. The van der Waals surface area contributed by atoms with E-state index in [1.807, 2.05) is 0 Å². The number of carbonyl (C=O) groups is 2. The first-order chi connectivity index (χ1) is 8.15. The Balaban J connectivity index is 2.36. The Kier molecular flexibility index (Phi) is 5.55. The second-order valence-corrected chi connectivity index (χ2v) is 4.50. The van der Waals surface area contributed by atoms with Crippen LogP contribution in [0.5, 0.6) is 0 Å². The molecule has 1 aliphatic rings. The van der Waals surface area contributed by atoms with Crippen LogP contribution in [0.25, 0.3) is 0 Å². The first-order valence-corrected chi connectivity index (χ1v) is 6.08. The van der Waals surface area contributed by atoms with E-state index in [0.717, 1.165) is 25.7 Å². The molecule has 1 saturated carbocycles. The van der Waals surface area contributed by atoms with Crippen molar-refractivity contribution in [2.45, 2.75) is 38.5 Å². The minimum atomic E-state index is -0.743. The minimum Gasteiger partial charge on any atom is -0.481 e. The van der Waals surface area contributed by atoms with E-state index in [1.54, 1.807) is 0 Å². The van der Waals surface area contributed by atoms with Crippen LogP contribution in [-0.2, 0) is 9.59 Å². The fourth-order valence-electron chi connectivity index (χ4n) is 2.30. The van der Waals surface area contributed by atoms with Gasteiger partial charge in [0.1, 0.15) is 0 Å². The Morgan fingerprint density at radius 3 is 2.71 bits per heavy atom. The third-order valence-electron chi connectivity index (χ3n) is 3.28. The third-order valence-corrected chi connectivity index (χ3v) is 3.28. The second kappa shape index (κ2) is 6.95. The Bertz CT molecular complexity index is 319. The molecule has 17 heavy (non-hydrogen) atoms. The molecule has 4 heteroatoms. The second-order valence-electron chi connectivity index (χ2n) is 4.50. The van der Waals surface area contributed by atoms with Crippen LogP contribution in [0.1, 0.15) is 38.5 Å². The molecule has 94 valence electrons. The molecule has 0 heterocycles. The summed E-state index contributed by atoms with van der Waals surface area (Å²) >= 11 is 0. The summed E-state index contributed by atoms with van der Waals surface area (Å²) in [4.78, 5) is 22.4. The summed E-state index contributed by atoms with van der Waals surface area (Å²) < 4.78 is 0. The van der Waals surface area contributed by atoms with E-state index in [1.165, 1.54) is 0 Å². The number of rotatable bonds is 5. The predicted molar refractivity (Wildman–Crippen MR) is 64.2 cm³/mol. The van der Waals surface area contributed by atoms with Crippen LogP contribution in [0.4, 0.5) is 0 Å². The zero-order valence-electron chi connectivity index (χ0n) is 9.95. The summed E-state index contributed by atoms with van der Waals surface area (Å²) in [5.41, 5.74) is 0. The van der Waals surface area contributed by atoms with Crippen molar-refractivity contribution in [3.05, 3.63) is 0 Å². The lowest BCUT2D eigenvalue weighted by Crippen LogP contribution is -2.37. The van der Waals surface area contributed by atoms with Crippen molar-refractivity contribution in [3.8, 4) is 12.3 Å². The van der Waals surface area contributed by atoms with Crippen molar-refractivity contribution in [2.24, 2.45) is 11.8 Å². The van der Waals surface area contributed by atoms with Gasteiger partial charge in [0.2, 0.25) is 5.91 Å². The quantitative estimate of drug-likeness (QED) is 0.710. The molecule has 1 fully saturated rings. The van der Waals surface area contributed by atoms with Crippen LogP contribution >= 0.6 is 0 Å². The van der Waals surface area contributed by atoms with Gasteiger partial charge in [0.15, 0.2) is 0 Å². The molecule has 0 aromatic heterocycles. The summed E-state index contributed by atoms with van der Waals surface area (Å²) in [7, 11) is 0. The Morgan fingerprint density at radius 1 is 1.35 bits per heavy atom. The zero-order chi connectivity index (χ0) is 12.7. The molecule has 1 aliphatic carbocycles. The Hall–Kier alpha value is -1.50. The largest absolute Gasteiger partial charge is 0.481 e. The fourth-order valence-corrected chi connectivity index (χ4v) is 2.30. The number of nitrogens with one attached hydrogen (secondary N) is 1. The monoisotopic (exact) mass is 237 g/mol. The topological polar surface area (TPSA) is 66.4 Å². The molecule has 2 atom stereocenters. The Labute approximate surface area is 102 Å². The van der Waals surface area contributed by atoms with Crippen molar-refractivity contribution >= 4 is 11.9 Å². The first-order valence-electron chi connectivity index (χ1n) is 6.08. The van der Waals surface area contributed by atoms with Gasteiger partial charge < -0.3 is 10.4 Å². The van der Waals surface area contributed by atoms with E-state index in [-0.39, 0.29) is 17.7 Å². The maximum atomic E-state index is 11.4. The average Bonchev–Trinajstić information content (AvgIpc) is 2.34. The van der Waals surface area contributed by atoms with E-state index >= 15 is 0 Å². The first kappa shape index (κ1) is 13.6. The molecule has 1 amide bonds. The number of hydrogen-bond acceptors (Lipinski definition) is 2. The smallest absolute Gasteiger partial charge is 0.306 e. The molecule has 2 unspecified atom stereocenters. The lowest BCUT2D eigenvalue weighted by Gasteiger charge is -2.28. The minimum absolute atomic E-state index is 0.0658. The summed E-state index contributed by atoms with van der Waals surface area (Å²) in [6, 6.07) is 0. The molecule has 1 rings (SSSR count). The van der Waals surface area contributed by atoms with E-state index in [2.05, 4.69) is 11.2 Å². The molecule has 4 nitrogen and oxygen atoms in total. The normalized spacial score (nSPS) is 23.7. The average molecular weight is 237 g/mol. The summed E-state index contributed by atoms with van der Waals surface area (Å²) in [5, 5.41) is 11.9. The van der Waals surface area contributed by atoms with Gasteiger partial charge in [-0.05, 0) is 18.8 Å². The molecule has 0 radical (unpaired) electrons. The number of aliphatic carboxylic acids is 1. The SMILES string of the molecule is C#CCCC(=O)NCC1CCCCC1C(=O)O. The van der Waals surface area contributed by atoms with Crippen molar-refractivity contribution < 1.29 is 14.7 Å². The highest BCUT2D eigenvalue weighted by atomic mass is 16.4. The van der Waals surface area contributed by atoms with Gasteiger partial charge in [-0.2, -0.15) is 0 Å². The van der Waals surface area contributed by atoms with Gasteiger partial charge in [-0.1, -0.05) is 12.8 Å². The van der Waals surface area contributed by atoms with Crippen LogP contribution in [0.2, 0.25) is 0 Å². The van der Waals surface area contributed by atoms with Gasteiger partial charge in [-0.15, -0.1) is 12.3 Å². The van der Waals surface area contributed by atoms with Crippen molar-refractivity contribution in [3.63, 3.8) is 0 Å². The van der Waals surface area contributed by atoms with Crippen LogP contribution in [0.3, 0.4) is 0 Å². The number of carboxylic acids is 1. The summed E-state index contributed by atoms with van der Waals surface area (Å²) in [6.45, 7) is 0.459.